The van der Waals surface area contributed by atoms with E-state index in [1.165, 1.54) is 18.2 Å². The maximum atomic E-state index is 13.3. The van der Waals surface area contributed by atoms with Gasteiger partial charge in [-0.1, -0.05) is 26.0 Å². The summed E-state index contributed by atoms with van der Waals surface area (Å²) in [5.74, 6) is 0.724. The molecule has 0 aromatic heterocycles. The van der Waals surface area contributed by atoms with Gasteiger partial charge in [-0.25, -0.2) is 4.39 Å². The van der Waals surface area contributed by atoms with Gasteiger partial charge in [0.25, 0.3) is 0 Å². The quantitative estimate of drug-likeness (QED) is 0.649. The van der Waals surface area contributed by atoms with Crippen molar-refractivity contribution in [2.75, 3.05) is 0 Å². The van der Waals surface area contributed by atoms with Crippen LogP contribution in [0.2, 0.25) is 0 Å². The van der Waals surface area contributed by atoms with Gasteiger partial charge in [0, 0.05) is 0 Å². The molecular formula is C17H19FN2O. The highest BCUT2D eigenvalue weighted by atomic mass is 19.1. The molecule has 0 heterocycles. The van der Waals surface area contributed by atoms with Gasteiger partial charge < -0.3 is 10.5 Å². The second kappa shape index (κ2) is 5.95. The Kier molecular flexibility index (Phi) is 4.26. The first-order valence-corrected chi connectivity index (χ1v) is 6.81. The topological polar surface area (TPSA) is 59.1 Å². The Morgan fingerprint density at radius 3 is 2.48 bits per heavy atom. The van der Waals surface area contributed by atoms with Crippen LogP contribution in [-0.4, -0.2) is 5.84 Å². The van der Waals surface area contributed by atoms with E-state index in [1.807, 2.05) is 25.1 Å². The van der Waals surface area contributed by atoms with Gasteiger partial charge >= 0.3 is 0 Å². The van der Waals surface area contributed by atoms with E-state index in [0.29, 0.717) is 17.4 Å². The molecule has 0 atom stereocenters. The third kappa shape index (κ3) is 3.40. The predicted octanol–water partition coefficient (Wildman–Crippen LogP) is 4.33. The van der Waals surface area contributed by atoms with Crippen LogP contribution in [0, 0.1) is 18.2 Å². The predicted molar refractivity (Wildman–Crippen MR) is 82.8 cm³/mol. The molecule has 0 spiro atoms. The monoisotopic (exact) mass is 286 g/mol. The second-order valence-corrected chi connectivity index (χ2v) is 5.35. The van der Waals surface area contributed by atoms with Crippen molar-refractivity contribution < 1.29 is 9.13 Å². The van der Waals surface area contributed by atoms with Gasteiger partial charge in [-0.05, 0) is 48.2 Å². The molecule has 21 heavy (non-hydrogen) atoms. The lowest BCUT2D eigenvalue weighted by Gasteiger charge is -2.16. The third-order valence-corrected chi connectivity index (χ3v) is 3.24. The Morgan fingerprint density at radius 2 is 1.86 bits per heavy atom. The molecule has 110 valence electrons. The van der Waals surface area contributed by atoms with E-state index in [0.717, 1.165) is 11.1 Å². The van der Waals surface area contributed by atoms with Crippen molar-refractivity contribution in [3.05, 3.63) is 58.9 Å². The van der Waals surface area contributed by atoms with Crippen molar-refractivity contribution in [1.82, 2.24) is 0 Å². The average molecular weight is 286 g/mol. The van der Waals surface area contributed by atoms with Crippen molar-refractivity contribution in [1.29, 1.82) is 5.41 Å². The fourth-order valence-electron chi connectivity index (χ4n) is 2.13. The van der Waals surface area contributed by atoms with Gasteiger partial charge in [0.15, 0.2) is 0 Å². The van der Waals surface area contributed by atoms with Crippen LogP contribution in [0.4, 0.5) is 4.39 Å². The second-order valence-electron chi connectivity index (χ2n) is 5.35. The molecule has 2 rings (SSSR count). The van der Waals surface area contributed by atoms with Crippen LogP contribution >= 0.6 is 0 Å². The van der Waals surface area contributed by atoms with Crippen LogP contribution < -0.4 is 10.5 Å². The molecule has 0 amide bonds. The standard InChI is InChI=1S/C17H19FN2O/c1-10(2)13-6-4-11(3)8-16(13)21-15-7-5-12(18)9-14(15)17(19)20/h4-10H,1-3H3,(H3,19,20). The van der Waals surface area contributed by atoms with Gasteiger partial charge in [0.05, 0.1) is 5.56 Å². The van der Waals surface area contributed by atoms with Crippen LogP contribution in [0.3, 0.4) is 0 Å². The zero-order chi connectivity index (χ0) is 15.6. The summed E-state index contributed by atoms with van der Waals surface area (Å²) in [4.78, 5) is 0. The summed E-state index contributed by atoms with van der Waals surface area (Å²) < 4.78 is 19.2. The van der Waals surface area contributed by atoms with Gasteiger partial charge in [-0.3, -0.25) is 5.41 Å². The molecule has 0 aliphatic heterocycles. The molecule has 0 aliphatic carbocycles. The zero-order valence-electron chi connectivity index (χ0n) is 12.4. The van der Waals surface area contributed by atoms with Crippen LogP contribution in [-0.2, 0) is 0 Å². The summed E-state index contributed by atoms with van der Waals surface area (Å²) in [6.45, 7) is 6.13. The Hall–Kier alpha value is -2.36. The Balaban J connectivity index is 2.47. The fourth-order valence-corrected chi connectivity index (χ4v) is 2.13. The number of hydrogen-bond acceptors (Lipinski definition) is 2. The van der Waals surface area contributed by atoms with Crippen molar-refractivity contribution in [2.45, 2.75) is 26.7 Å². The molecule has 3 nitrogen and oxygen atoms in total. The number of nitrogen functional groups attached to an aromatic ring is 1. The SMILES string of the molecule is Cc1ccc(C(C)C)c(Oc2ccc(F)cc2C(=N)N)c1. The highest BCUT2D eigenvalue weighted by Gasteiger charge is 2.13. The van der Waals surface area contributed by atoms with Gasteiger partial charge in [0.2, 0.25) is 0 Å². The van der Waals surface area contributed by atoms with E-state index in [2.05, 4.69) is 13.8 Å². The van der Waals surface area contributed by atoms with Crippen LogP contribution in [0.5, 0.6) is 11.5 Å². The maximum absolute atomic E-state index is 13.3. The number of benzene rings is 2. The molecule has 3 N–H and O–H groups in total. The number of rotatable bonds is 4. The lowest BCUT2D eigenvalue weighted by atomic mass is 10.0. The zero-order valence-corrected chi connectivity index (χ0v) is 12.4. The molecule has 2 aromatic rings. The minimum atomic E-state index is -0.444. The highest BCUT2D eigenvalue weighted by Crippen LogP contribution is 2.33. The highest BCUT2D eigenvalue weighted by molar-refractivity contribution is 5.97. The number of ether oxygens (including phenoxy) is 1. The van der Waals surface area contributed by atoms with E-state index < -0.39 is 5.82 Å². The summed E-state index contributed by atoms with van der Waals surface area (Å²) >= 11 is 0. The molecule has 0 saturated heterocycles. The van der Waals surface area contributed by atoms with Crippen LogP contribution in [0.25, 0.3) is 0 Å². The first-order valence-electron chi connectivity index (χ1n) is 6.81. The maximum Gasteiger partial charge on any atom is 0.138 e. The molecule has 2 aromatic carbocycles. The summed E-state index contributed by atoms with van der Waals surface area (Å²) in [5.41, 5.74) is 7.88. The first-order chi connectivity index (χ1) is 9.88. The molecule has 0 unspecified atom stereocenters. The number of nitrogens with two attached hydrogens (primary N) is 1. The molecule has 0 bridgehead atoms. The summed E-state index contributed by atoms with van der Waals surface area (Å²) in [5, 5.41) is 7.55. The Bertz CT molecular complexity index is 680. The van der Waals surface area contributed by atoms with E-state index >= 15 is 0 Å². The van der Waals surface area contributed by atoms with Gasteiger partial charge in [-0.15, -0.1) is 0 Å². The number of hydrogen-bond donors (Lipinski definition) is 2. The number of nitrogens with one attached hydrogen (secondary N) is 1. The summed E-state index contributed by atoms with van der Waals surface area (Å²) in [7, 11) is 0. The molecule has 4 heteroatoms. The largest absolute Gasteiger partial charge is 0.456 e. The van der Waals surface area contributed by atoms with Crippen molar-refractivity contribution in [3.63, 3.8) is 0 Å². The lowest BCUT2D eigenvalue weighted by molar-refractivity contribution is 0.469. The number of amidine groups is 1. The van der Waals surface area contributed by atoms with E-state index in [-0.39, 0.29) is 11.4 Å². The lowest BCUT2D eigenvalue weighted by Crippen LogP contribution is -2.13. The van der Waals surface area contributed by atoms with Crippen molar-refractivity contribution in [2.24, 2.45) is 5.73 Å². The Morgan fingerprint density at radius 1 is 1.14 bits per heavy atom. The van der Waals surface area contributed by atoms with Crippen LogP contribution in [0.1, 0.15) is 36.5 Å². The Labute approximate surface area is 124 Å². The minimum absolute atomic E-state index is 0.219. The molecule has 0 saturated carbocycles. The van der Waals surface area contributed by atoms with Gasteiger partial charge in [0.1, 0.15) is 23.2 Å². The summed E-state index contributed by atoms with van der Waals surface area (Å²) in [6, 6.07) is 9.99. The molecule has 0 aliphatic rings. The normalized spacial score (nSPS) is 10.7. The van der Waals surface area contributed by atoms with Gasteiger partial charge in [-0.2, -0.15) is 0 Å². The van der Waals surface area contributed by atoms with E-state index in [4.69, 9.17) is 15.9 Å². The molecule has 0 fully saturated rings. The van der Waals surface area contributed by atoms with Crippen molar-refractivity contribution in [3.8, 4) is 11.5 Å². The first kappa shape index (κ1) is 15.0. The van der Waals surface area contributed by atoms with E-state index in [1.54, 1.807) is 0 Å². The molecule has 0 radical (unpaired) electrons. The number of aryl methyl sites for hydroxylation is 1. The fraction of sp³-hybridized carbons (Fsp3) is 0.235. The van der Waals surface area contributed by atoms with E-state index in [9.17, 15) is 4.39 Å². The number of halogens is 1. The molecular weight excluding hydrogens is 267 g/mol. The van der Waals surface area contributed by atoms with Crippen LogP contribution in [0.15, 0.2) is 36.4 Å². The average Bonchev–Trinajstić information content (AvgIpc) is 2.40. The summed E-state index contributed by atoms with van der Waals surface area (Å²) in [6.07, 6.45) is 0. The third-order valence-electron chi connectivity index (χ3n) is 3.24. The smallest absolute Gasteiger partial charge is 0.138 e. The van der Waals surface area contributed by atoms with Crippen molar-refractivity contribution >= 4 is 5.84 Å². The minimum Gasteiger partial charge on any atom is -0.456 e.